The minimum Gasteiger partial charge on any atom is -0.205 e. The number of unbranched alkanes of at least 4 members (excludes halogenated alkanes) is 11. The summed E-state index contributed by atoms with van der Waals surface area (Å²) in [5.74, 6) is -10.5. The monoisotopic (exact) mass is 642 g/mol. The highest BCUT2D eigenvalue weighted by Crippen LogP contribution is 2.42. The highest BCUT2D eigenvalue weighted by atomic mass is 32.1. The van der Waals surface area contributed by atoms with Gasteiger partial charge in [-0.15, -0.1) is 20.4 Å². The van der Waals surface area contributed by atoms with Crippen molar-refractivity contribution in [1.82, 2.24) is 20.4 Å². The maximum absolute atomic E-state index is 15.8. The second-order valence-electron chi connectivity index (χ2n) is 10.8. The highest BCUT2D eigenvalue weighted by molar-refractivity contribution is 7.15. The van der Waals surface area contributed by atoms with Gasteiger partial charge in [0.2, 0.25) is 0 Å². The van der Waals surface area contributed by atoms with Crippen molar-refractivity contribution in [2.24, 2.45) is 0 Å². The third kappa shape index (κ3) is 7.74. The third-order valence-corrected chi connectivity index (χ3v) is 9.49. The lowest BCUT2D eigenvalue weighted by Crippen LogP contribution is -2.05. The Morgan fingerprint density at radius 2 is 0.767 bits per heavy atom. The van der Waals surface area contributed by atoms with E-state index in [9.17, 15) is 0 Å². The summed E-state index contributed by atoms with van der Waals surface area (Å²) in [6.45, 7) is 4.27. The van der Waals surface area contributed by atoms with Gasteiger partial charge in [0.15, 0.2) is 33.3 Å². The number of fused-ring (bicyclic) bond motifs is 1. The molecule has 4 nitrogen and oxygen atoms in total. The molecular formula is C31H36F6N4S2. The Bertz CT molecular complexity index is 1520. The van der Waals surface area contributed by atoms with Crippen LogP contribution in [0.3, 0.4) is 0 Å². The molecule has 2 aromatic carbocycles. The number of hydrogen-bond donors (Lipinski definition) is 0. The van der Waals surface area contributed by atoms with E-state index in [4.69, 9.17) is 0 Å². The first-order chi connectivity index (χ1) is 20.8. The average molecular weight is 643 g/mol. The van der Waals surface area contributed by atoms with E-state index in [1.165, 1.54) is 12.8 Å². The van der Waals surface area contributed by atoms with E-state index in [-0.39, 0.29) is 10.0 Å². The molecule has 0 saturated heterocycles. The van der Waals surface area contributed by atoms with Gasteiger partial charge in [-0.2, -0.15) is 0 Å². The lowest BCUT2D eigenvalue weighted by atomic mass is 10.00. The summed E-state index contributed by atoms with van der Waals surface area (Å²) in [4.78, 5) is 0. The maximum atomic E-state index is 15.8. The van der Waals surface area contributed by atoms with Gasteiger partial charge in [0.05, 0.1) is 21.9 Å². The number of rotatable bonds is 17. The van der Waals surface area contributed by atoms with Crippen molar-refractivity contribution in [3.05, 3.63) is 44.9 Å². The minimum atomic E-state index is -1.90. The summed E-state index contributed by atoms with van der Waals surface area (Å²) < 4.78 is 92.1. The van der Waals surface area contributed by atoms with E-state index in [2.05, 4.69) is 34.2 Å². The first-order valence-corrected chi connectivity index (χ1v) is 16.7. The Kier molecular flexibility index (Phi) is 12.3. The number of benzene rings is 2. The molecule has 12 heteroatoms. The van der Waals surface area contributed by atoms with Crippen LogP contribution in [0.4, 0.5) is 26.3 Å². The van der Waals surface area contributed by atoms with Crippen molar-refractivity contribution in [3.8, 4) is 21.1 Å². The average Bonchev–Trinajstić information content (AvgIpc) is 3.65. The van der Waals surface area contributed by atoms with E-state index in [1.54, 1.807) is 0 Å². The van der Waals surface area contributed by atoms with Crippen molar-refractivity contribution < 1.29 is 26.3 Å². The van der Waals surface area contributed by atoms with Gasteiger partial charge in [-0.05, 0) is 12.8 Å². The van der Waals surface area contributed by atoms with Crippen LogP contribution in [0, 0.1) is 34.9 Å². The second-order valence-corrected chi connectivity index (χ2v) is 12.9. The number of aryl methyl sites for hydroxylation is 2. The molecule has 0 fully saturated rings. The molecule has 0 spiro atoms. The molecule has 2 heterocycles. The molecule has 0 bridgehead atoms. The summed E-state index contributed by atoms with van der Waals surface area (Å²) in [5, 5.41) is 13.2. The van der Waals surface area contributed by atoms with E-state index >= 15 is 26.3 Å². The molecule has 43 heavy (non-hydrogen) atoms. The van der Waals surface area contributed by atoms with Crippen molar-refractivity contribution in [1.29, 1.82) is 0 Å². The van der Waals surface area contributed by atoms with E-state index in [1.807, 2.05) is 0 Å². The molecule has 234 valence electrons. The van der Waals surface area contributed by atoms with E-state index in [0.29, 0.717) is 22.9 Å². The van der Waals surface area contributed by atoms with Crippen LogP contribution >= 0.6 is 22.7 Å². The summed E-state index contributed by atoms with van der Waals surface area (Å²) in [6.07, 6.45) is 14.7. The maximum Gasteiger partial charge on any atom is 0.172 e. The van der Waals surface area contributed by atoms with Gasteiger partial charge in [-0.1, -0.05) is 107 Å². The molecule has 0 aliphatic carbocycles. The third-order valence-electron chi connectivity index (χ3n) is 7.49. The van der Waals surface area contributed by atoms with Gasteiger partial charge >= 0.3 is 0 Å². The van der Waals surface area contributed by atoms with Gasteiger partial charge in [0.25, 0.3) is 0 Å². The van der Waals surface area contributed by atoms with E-state index < -0.39 is 56.8 Å². The summed E-state index contributed by atoms with van der Waals surface area (Å²) >= 11 is 1.71. The minimum absolute atomic E-state index is 0.309. The fraction of sp³-hybridized carbons (Fsp3) is 0.548. The zero-order valence-corrected chi connectivity index (χ0v) is 26.1. The van der Waals surface area contributed by atoms with Crippen LogP contribution in [0.15, 0.2) is 0 Å². The molecule has 0 aliphatic rings. The number of aromatic nitrogens is 4. The Hall–Kier alpha value is -2.60. The summed E-state index contributed by atoms with van der Waals surface area (Å²) in [7, 11) is 0. The number of nitrogens with zero attached hydrogens (tertiary/aromatic N) is 4. The van der Waals surface area contributed by atoms with Crippen LogP contribution in [-0.4, -0.2) is 20.4 Å². The molecule has 4 rings (SSSR count). The normalized spacial score (nSPS) is 11.7. The largest absolute Gasteiger partial charge is 0.205 e. The van der Waals surface area contributed by atoms with Crippen molar-refractivity contribution in [3.63, 3.8) is 0 Å². The standard InChI is InChI=1S/C31H36F6N4S2/c1-3-5-7-9-11-13-15-17-19-39-41-31(43-19)23-25(33)20-21(27(35)29(23)37)26(34)28(36)22(24(20)32)30-40-38-18(42-30)16-14-12-10-8-6-4-2/h3-17H2,1-2H3. The smallest absolute Gasteiger partial charge is 0.172 e. The molecule has 0 amide bonds. The van der Waals surface area contributed by atoms with Crippen LogP contribution in [0.1, 0.15) is 107 Å². The highest BCUT2D eigenvalue weighted by Gasteiger charge is 2.33. The molecule has 2 aromatic heterocycles. The van der Waals surface area contributed by atoms with E-state index in [0.717, 1.165) is 93.3 Å². The molecular weight excluding hydrogens is 606 g/mol. The predicted octanol–water partition coefficient (Wildman–Crippen LogP) is 10.9. The van der Waals surface area contributed by atoms with Crippen molar-refractivity contribution >= 4 is 33.4 Å². The number of hydrogen-bond acceptors (Lipinski definition) is 6. The fourth-order valence-corrected chi connectivity index (χ4v) is 6.92. The topological polar surface area (TPSA) is 51.6 Å². The van der Waals surface area contributed by atoms with Gasteiger partial charge < -0.3 is 0 Å². The zero-order chi connectivity index (χ0) is 30.9. The lowest BCUT2D eigenvalue weighted by molar-refractivity contribution is 0.482. The van der Waals surface area contributed by atoms with Crippen LogP contribution < -0.4 is 0 Å². The molecule has 0 aliphatic heterocycles. The van der Waals surface area contributed by atoms with Crippen LogP contribution in [0.25, 0.3) is 31.9 Å². The van der Waals surface area contributed by atoms with Crippen LogP contribution in [-0.2, 0) is 12.8 Å². The van der Waals surface area contributed by atoms with Gasteiger partial charge in [0.1, 0.15) is 21.6 Å². The fourth-order valence-electron chi connectivity index (χ4n) is 5.09. The van der Waals surface area contributed by atoms with Crippen molar-refractivity contribution in [2.75, 3.05) is 0 Å². The van der Waals surface area contributed by atoms with Gasteiger partial charge in [0, 0.05) is 12.8 Å². The predicted molar refractivity (Wildman–Crippen MR) is 160 cm³/mol. The Labute approximate surface area is 256 Å². The zero-order valence-electron chi connectivity index (χ0n) is 24.5. The lowest BCUT2D eigenvalue weighted by Gasteiger charge is -2.12. The molecule has 0 N–H and O–H groups in total. The Morgan fingerprint density at radius 1 is 0.419 bits per heavy atom. The summed E-state index contributed by atoms with van der Waals surface area (Å²) in [5.41, 5.74) is -1.94. The van der Waals surface area contributed by atoms with Gasteiger partial charge in [-0.3, -0.25) is 0 Å². The SMILES string of the molecule is CCCCCCCCCc1nnc(-c2c(F)c(F)c3c(F)c(F)c(-c4nnc(CCCCCCCC)s4)c(F)c3c2F)s1. The Morgan fingerprint density at radius 3 is 1.16 bits per heavy atom. The van der Waals surface area contributed by atoms with Crippen molar-refractivity contribution in [2.45, 2.75) is 110 Å². The second kappa shape index (κ2) is 15.9. The first kappa shape index (κ1) is 33.3. The van der Waals surface area contributed by atoms with Crippen LogP contribution in [0.2, 0.25) is 0 Å². The number of halogens is 6. The molecule has 4 aromatic rings. The quantitative estimate of drug-likeness (QED) is 0.0653. The molecule has 0 atom stereocenters. The molecule has 0 radical (unpaired) electrons. The first-order valence-electron chi connectivity index (χ1n) is 15.1. The summed E-state index contributed by atoms with van der Waals surface area (Å²) in [6, 6.07) is 0. The van der Waals surface area contributed by atoms with Crippen LogP contribution in [0.5, 0.6) is 0 Å². The Balaban J connectivity index is 1.60. The molecule has 0 saturated carbocycles. The molecule has 0 unspecified atom stereocenters. The van der Waals surface area contributed by atoms with Gasteiger partial charge in [-0.25, -0.2) is 26.3 Å².